The van der Waals surface area contributed by atoms with Gasteiger partial charge in [0.1, 0.15) is 5.82 Å². The SMILES string of the molecule is Cc1cc(C#N)cc(N(C)c2ccc(C(=O)O)cc2)n1. The molecule has 0 atom stereocenters. The van der Waals surface area contributed by atoms with Crippen LogP contribution in [0.3, 0.4) is 0 Å². The Morgan fingerprint density at radius 2 is 1.95 bits per heavy atom. The van der Waals surface area contributed by atoms with Crippen LogP contribution in [0.5, 0.6) is 0 Å². The summed E-state index contributed by atoms with van der Waals surface area (Å²) in [5.74, 6) is -0.315. The van der Waals surface area contributed by atoms with Gasteiger partial charge in [0.05, 0.1) is 17.2 Å². The molecule has 2 aromatic rings. The Morgan fingerprint density at radius 1 is 1.30 bits per heavy atom. The monoisotopic (exact) mass is 267 g/mol. The van der Waals surface area contributed by atoms with Gasteiger partial charge in [0.2, 0.25) is 0 Å². The van der Waals surface area contributed by atoms with E-state index in [4.69, 9.17) is 10.4 Å². The molecule has 0 radical (unpaired) electrons. The van der Waals surface area contributed by atoms with E-state index in [1.807, 2.05) is 14.0 Å². The van der Waals surface area contributed by atoms with Crippen LogP contribution >= 0.6 is 0 Å². The van der Waals surface area contributed by atoms with Gasteiger partial charge in [-0.05, 0) is 43.3 Å². The second kappa shape index (κ2) is 5.41. The van der Waals surface area contributed by atoms with E-state index in [1.54, 1.807) is 29.2 Å². The zero-order valence-corrected chi connectivity index (χ0v) is 11.2. The molecule has 5 nitrogen and oxygen atoms in total. The zero-order chi connectivity index (χ0) is 14.7. The maximum Gasteiger partial charge on any atom is 0.335 e. The van der Waals surface area contributed by atoms with Crippen molar-refractivity contribution in [3.05, 3.63) is 53.2 Å². The summed E-state index contributed by atoms with van der Waals surface area (Å²) in [5.41, 5.74) is 2.34. The van der Waals surface area contributed by atoms with Crippen molar-refractivity contribution in [2.75, 3.05) is 11.9 Å². The summed E-state index contributed by atoms with van der Waals surface area (Å²) in [6, 6.07) is 12.0. The molecule has 0 saturated carbocycles. The molecule has 100 valence electrons. The van der Waals surface area contributed by atoms with E-state index in [9.17, 15) is 4.79 Å². The number of benzene rings is 1. The van der Waals surface area contributed by atoms with Gasteiger partial charge in [0, 0.05) is 18.4 Å². The number of carboxylic acids is 1. The molecule has 1 heterocycles. The summed E-state index contributed by atoms with van der Waals surface area (Å²) in [6.07, 6.45) is 0. The Bertz CT molecular complexity index is 687. The summed E-state index contributed by atoms with van der Waals surface area (Å²) in [6.45, 7) is 1.83. The van der Waals surface area contributed by atoms with E-state index in [0.29, 0.717) is 11.4 Å². The van der Waals surface area contributed by atoms with Crippen LogP contribution in [0.25, 0.3) is 0 Å². The largest absolute Gasteiger partial charge is 0.478 e. The lowest BCUT2D eigenvalue weighted by molar-refractivity contribution is 0.0697. The van der Waals surface area contributed by atoms with E-state index in [0.717, 1.165) is 11.4 Å². The fraction of sp³-hybridized carbons (Fsp3) is 0.133. The molecule has 0 bridgehead atoms. The molecule has 0 aliphatic rings. The minimum atomic E-state index is -0.959. The van der Waals surface area contributed by atoms with Gasteiger partial charge in [-0.1, -0.05) is 0 Å². The number of carboxylic acid groups (broad SMARTS) is 1. The second-order valence-corrected chi connectivity index (χ2v) is 4.38. The van der Waals surface area contributed by atoms with Gasteiger partial charge < -0.3 is 10.0 Å². The van der Waals surface area contributed by atoms with E-state index < -0.39 is 5.97 Å². The number of pyridine rings is 1. The third kappa shape index (κ3) is 2.75. The first kappa shape index (κ1) is 13.6. The lowest BCUT2D eigenvalue weighted by atomic mass is 10.2. The quantitative estimate of drug-likeness (QED) is 0.925. The van der Waals surface area contributed by atoms with Gasteiger partial charge in [0.15, 0.2) is 0 Å². The highest BCUT2D eigenvalue weighted by atomic mass is 16.4. The molecule has 0 fully saturated rings. The molecular weight excluding hydrogens is 254 g/mol. The van der Waals surface area contributed by atoms with E-state index >= 15 is 0 Å². The molecule has 0 amide bonds. The van der Waals surface area contributed by atoms with Gasteiger partial charge in [-0.2, -0.15) is 5.26 Å². The molecule has 0 aliphatic carbocycles. The number of anilines is 2. The number of aromatic nitrogens is 1. The molecule has 1 aromatic heterocycles. The standard InChI is InChI=1S/C15H13N3O2/c1-10-7-11(9-16)8-14(17-10)18(2)13-5-3-12(4-6-13)15(19)20/h3-8H,1-2H3,(H,19,20). The molecular formula is C15H13N3O2. The summed E-state index contributed by atoms with van der Waals surface area (Å²) in [7, 11) is 1.82. The minimum Gasteiger partial charge on any atom is -0.478 e. The molecule has 0 unspecified atom stereocenters. The van der Waals surface area contributed by atoms with Crippen LogP contribution in [0.15, 0.2) is 36.4 Å². The van der Waals surface area contributed by atoms with Gasteiger partial charge in [-0.25, -0.2) is 9.78 Å². The van der Waals surface area contributed by atoms with Crippen molar-refractivity contribution in [3.63, 3.8) is 0 Å². The van der Waals surface area contributed by atoms with Crippen LogP contribution < -0.4 is 4.90 Å². The van der Waals surface area contributed by atoms with Crippen LogP contribution in [0.2, 0.25) is 0 Å². The molecule has 0 aliphatic heterocycles. The summed E-state index contributed by atoms with van der Waals surface area (Å²) in [4.78, 5) is 17.0. The van der Waals surface area contributed by atoms with Crippen molar-refractivity contribution in [2.24, 2.45) is 0 Å². The lowest BCUT2D eigenvalue weighted by Crippen LogP contribution is -2.12. The van der Waals surface area contributed by atoms with E-state index in [1.165, 1.54) is 12.1 Å². The Kier molecular flexibility index (Phi) is 3.67. The summed E-state index contributed by atoms with van der Waals surface area (Å²) in [5, 5.41) is 17.8. The molecule has 0 spiro atoms. The van der Waals surface area contributed by atoms with E-state index in [2.05, 4.69) is 11.1 Å². The normalized spacial score (nSPS) is 9.85. The zero-order valence-electron chi connectivity index (χ0n) is 11.2. The highest BCUT2D eigenvalue weighted by Crippen LogP contribution is 2.23. The number of nitrogens with zero attached hydrogens (tertiary/aromatic N) is 3. The Labute approximate surface area is 116 Å². The molecule has 2 rings (SSSR count). The fourth-order valence-electron chi connectivity index (χ4n) is 1.85. The van der Waals surface area contributed by atoms with Crippen molar-refractivity contribution in [3.8, 4) is 6.07 Å². The van der Waals surface area contributed by atoms with Crippen LogP contribution in [-0.2, 0) is 0 Å². The first-order valence-corrected chi connectivity index (χ1v) is 5.97. The third-order valence-electron chi connectivity index (χ3n) is 2.91. The van der Waals surface area contributed by atoms with Gasteiger partial charge >= 0.3 is 5.97 Å². The van der Waals surface area contributed by atoms with Crippen LogP contribution in [0.1, 0.15) is 21.6 Å². The molecule has 1 N–H and O–H groups in total. The van der Waals surface area contributed by atoms with Crippen molar-refractivity contribution in [1.29, 1.82) is 5.26 Å². The average molecular weight is 267 g/mol. The Balaban J connectivity index is 2.36. The lowest BCUT2D eigenvalue weighted by Gasteiger charge is -2.19. The van der Waals surface area contributed by atoms with Crippen molar-refractivity contribution < 1.29 is 9.90 Å². The maximum atomic E-state index is 10.8. The number of hydrogen-bond acceptors (Lipinski definition) is 4. The first-order chi connectivity index (χ1) is 9.51. The fourth-order valence-corrected chi connectivity index (χ4v) is 1.85. The highest BCUT2D eigenvalue weighted by molar-refractivity contribution is 5.88. The van der Waals surface area contributed by atoms with Gasteiger partial charge in [-0.15, -0.1) is 0 Å². The van der Waals surface area contributed by atoms with Crippen LogP contribution in [0.4, 0.5) is 11.5 Å². The van der Waals surface area contributed by atoms with E-state index in [-0.39, 0.29) is 5.56 Å². The van der Waals surface area contributed by atoms with Crippen molar-refractivity contribution >= 4 is 17.5 Å². The molecule has 20 heavy (non-hydrogen) atoms. The maximum absolute atomic E-state index is 10.8. The number of rotatable bonds is 3. The van der Waals surface area contributed by atoms with Gasteiger partial charge in [-0.3, -0.25) is 0 Å². The Morgan fingerprint density at radius 3 is 2.50 bits per heavy atom. The smallest absolute Gasteiger partial charge is 0.335 e. The van der Waals surface area contributed by atoms with Crippen LogP contribution in [0, 0.1) is 18.3 Å². The number of carbonyl (C=O) groups is 1. The number of aryl methyl sites for hydroxylation is 1. The van der Waals surface area contributed by atoms with Crippen molar-refractivity contribution in [2.45, 2.75) is 6.92 Å². The second-order valence-electron chi connectivity index (χ2n) is 4.38. The predicted octanol–water partition coefficient (Wildman–Crippen LogP) is 2.73. The molecule has 5 heteroatoms. The average Bonchev–Trinajstić information content (AvgIpc) is 2.45. The third-order valence-corrected chi connectivity index (χ3v) is 2.91. The Hall–Kier alpha value is -2.87. The van der Waals surface area contributed by atoms with Crippen molar-refractivity contribution in [1.82, 2.24) is 4.98 Å². The summed E-state index contributed by atoms with van der Waals surface area (Å²) >= 11 is 0. The van der Waals surface area contributed by atoms with Gasteiger partial charge in [0.25, 0.3) is 0 Å². The first-order valence-electron chi connectivity index (χ1n) is 5.97. The predicted molar refractivity (Wildman–Crippen MR) is 75.2 cm³/mol. The molecule has 1 aromatic carbocycles. The number of aromatic carboxylic acids is 1. The summed E-state index contributed by atoms with van der Waals surface area (Å²) < 4.78 is 0. The highest BCUT2D eigenvalue weighted by Gasteiger charge is 2.09. The minimum absolute atomic E-state index is 0.233. The molecule has 0 saturated heterocycles. The van der Waals surface area contributed by atoms with Crippen LogP contribution in [-0.4, -0.2) is 23.1 Å². The number of nitriles is 1. The number of hydrogen-bond donors (Lipinski definition) is 1. The topological polar surface area (TPSA) is 77.2 Å².